The van der Waals surface area contributed by atoms with Crippen molar-refractivity contribution in [1.82, 2.24) is 9.97 Å². The second-order valence-corrected chi connectivity index (χ2v) is 5.11. The highest BCUT2D eigenvalue weighted by Gasteiger charge is 2.33. The molecule has 19 heavy (non-hydrogen) atoms. The predicted octanol–water partition coefficient (Wildman–Crippen LogP) is 1.79. The van der Waals surface area contributed by atoms with Crippen molar-refractivity contribution in [2.75, 3.05) is 11.9 Å². The number of likely N-dealkylation sites (N-methyl/N-ethyl adjacent to an activating group) is 1. The molecular weight excluding hydrogens is 262 g/mol. The molecule has 2 heterocycles. The van der Waals surface area contributed by atoms with Gasteiger partial charge in [0.15, 0.2) is 0 Å². The van der Waals surface area contributed by atoms with E-state index in [1.807, 2.05) is 12.1 Å². The molecule has 3 rings (SSSR count). The number of carbonyl (C=O) groups is 2. The molecule has 0 saturated heterocycles. The van der Waals surface area contributed by atoms with Gasteiger partial charge < -0.3 is 4.90 Å². The summed E-state index contributed by atoms with van der Waals surface area (Å²) in [5.41, 5.74) is 1.10. The summed E-state index contributed by atoms with van der Waals surface area (Å²) in [6, 6.07) is 5.30. The van der Waals surface area contributed by atoms with Gasteiger partial charge in [0.1, 0.15) is 5.03 Å². The Morgan fingerprint density at radius 2 is 2.05 bits per heavy atom. The maximum Gasteiger partial charge on any atom is 0.299 e. The van der Waals surface area contributed by atoms with Gasteiger partial charge in [-0.05, 0) is 18.2 Å². The number of rotatable bonds is 2. The molecule has 0 fully saturated rings. The van der Waals surface area contributed by atoms with E-state index < -0.39 is 11.7 Å². The highest BCUT2D eigenvalue weighted by Crippen LogP contribution is 2.34. The normalized spacial score (nSPS) is 13.8. The van der Waals surface area contributed by atoms with E-state index >= 15 is 0 Å². The van der Waals surface area contributed by atoms with E-state index in [2.05, 4.69) is 9.97 Å². The molecule has 1 aromatic carbocycles. The molecule has 0 bridgehead atoms. The molecule has 0 spiro atoms. The van der Waals surface area contributed by atoms with Crippen LogP contribution in [0.15, 0.2) is 46.7 Å². The van der Waals surface area contributed by atoms with Crippen molar-refractivity contribution in [3.63, 3.8) is 0 Å². The van der Waals surface area contributed by atoms with Crippen LogP contribution in [0.2, 0.25) is 0 Å². The van der Waals surface area contributed by atoms with E-state index in [4.69, 9.17) is 0 Å². The average molecular weight is 271 g/mol. The van der Waals surface area contributed by atoms with Crippen LogP contribution in [0, 0.1) is 0 Å². The maximum atomic E-state index is 11.7. The Kier molecular flexibility index (Phi) is 2.79. The van der Waals surface area contributed by atoms with Gasteiger partial charge in [-0.15, -0.1) is 0 Å². The van der Waals surface area contributed by atoms with Gasteiger partial charge in [0.05, 0.1) is 17.4 Å². The van der Waals surface area contributed by atoms with E-state index in [-0.39, 0.29) is 0 Å². The first-order valence-electron chi connectivity index (χ1n) is 5.57. The van der Waals surface area contributed by atoms with Gasteiger partial charge in [0, 0.05) is 24.3 Å². The summed E-state index contributed by atoms with van der Waals surface area (Å²) in [7, 11) is 1.60. The zero-order chi connectivity index (χ0) is 13.4. The lowest BCUT2D eigenvalue weighted by Gasteiger charge is -2.09. The van der Waals surface area contributed by atoms with Gasteiger partial charge in [-0.1, -0.05) is 11.8 Å². The fourth-order valence-corrected chi connectivity index (χ4v) is 2.66. The fraction of sp³-hybridized carbons (Fsp3) is 0.0769. The molecule has 0 unspecified atom stereocenters. The number of nitrogens with zero attached hydrogens (tertiary/aromatic N) is 3. The molecule has 5 nitrogen and oxygen atoms in total. The first-order valence-corrected chi connectivity index (χ1v) is 6.39. The van der Waals surface area contributed by atoms with Crippen LogP contribution in [-0.2, 0) is 4.79 Å². The molecule has 94 valence electrons. The Labute approximate surface area is 113 Å². The Balaban J connectivity index is 1.95. The minimum absolute atomic E-state index is 0.450. The number of amides is 1. The predicted molar refractivity (Wildman–Crippen MR) is 70.3 cm³/mol. The Bertz CT molecular complexity index is 673. The lowest BCUT2D eigenvalue weighted by atomic mass is 10.1. The minimum atomic E-state index is -0.489. The Morgan fingerprint density at radius 3 is 2.79 bits per heavy atom. The van der Waals surface area contributed by atoms with Crippen molar-refractivity contribution in [3.05, 3.63) is 42.4 Å². The van der Waals surface area contributed by atoms with Crippen LogP contribution in [0.1, 0.15) is 10.4 Å². The standard InChI is InChI=1S/C13H9N3O2S/c1-16-10-6-8(19-11-7-14-4-5-15-11)2-3-9(10)12(17)13(16)18/h2-7H,1H3. The summed E-state index contributed by atoms with van der Waals surface area (Å²) in [6.45, 7) is 0. The van der Waals surface area contributed by atoms with Crippen LogP contribution in [0.3, 0.4) is 0 Å². The number of hydrogen-bond acceptors (Lipinski definition) is 5. The average Bonchev–Trinajstić information content (AvgIpc) is 2.65. The SMILES string of the molecule is CN1C(=O)C(=O)c2ccc(Sc3cnccn3)cc21. The van der Waals surface area contributed by atoms with E-state index in [1.165, 1.54) is 16.7 Å². The minimum Gasteiger partial charge on any atom is -0.308 e. The van der Waals surface area contributed by atoms with Crippen molar-refractivity contribution in [2.24, 2.45) is 0 Å². The third-order valence-corrected chi connectivity index (χ3v) is 3.75. The van der Waals surface area contributed by atoms with E-state index in [0.29, 0.717) is 11.3 Å². The van der Waals surface area contributed by atoms with Crippen LogP contribution in [0.5, 0.6) is 0 Å². The van der Waals surface area contributed by atoms with Crippen molar-refractivity contribution in [3.8, 4) is 0 Å². The zero-order valence-corrected chi connectivity index (χ0v) is 10.8. The van der Waals surface area contributed by atoms with Crippen LogP contribution in [0.4, 0.5) is 5.69 Å². The number of fused-ring (bicyclic) bond motifs is 1. The lowest BCUT2D eigenvalue weighted by Crippen LogP contribution is -2.24. The third-order valence-electron chi connectivity index (χ3n) is 2.84. The third kappa shape index (κ3) is 2.00. The van der Waals surface area contributed by atoms with Gasteiger partial charge in [0.2, 0.25) is 0 Å². The van der Waals surface area contributed by atoms with Crippen molar-refractivity contribution in [2.45, 2.75) is 9.92 Å². The second-order valence-electron chi connectivity index (χ2n) is 4.02. The first kappa shape index (κ1) is 11.9. The molecule has 2 aromatic rings. The van der Waals surface area contributed by atoms with Crippen molar-refractivity contribution < 1.29 is 9.59 Å². The fourth-order valence-electron chi connectivity index (χ4n) is 1.88. The summed E-state index contributed by atoms with van der Waals surface area (Å²) >= 11 is 1.44. The molecule has 6 heteroatoms. The zero-order valence-electron chi connectivity index (χ0n) is 10.0. The summed E-state index contributed by atoms with van der Waals surface area (Å²) in [5, 5.41) is 0.765. The molecule has 1 aliphatic heterocycles. The first-order chi connectivity index (χ1) is 9.16. The quantitative estimate of drug-likeness (QED) is 0.779. The van der Waals surface area contributed by atoms with E-state index in [0.717, 1.165) is 9.92 Å². The van der Waals surface area contributed by atoms with Crippen molar-refractivity contribution in [1.29, 1.82) is 0 Å². The van der Waals surface area contributed by atoms with E-state index in [1.54, 1.807) is 31.7 Å². The molecule has 0 radical (unpaired) electrons. The number of Topliss-reactive ketones (excluding diaryl/α,β-unsaturated/α-hetero) is 1. The highest BCUT2D eigenvalue weighted by molar-refractivity contribution is 7.99. The molecule has 1 aromatic heterocycles. The lowest BCUT2D eigenvalue weighted by molar-refractivity contribution is -0.114. The second kappa shape index (κ2) is 4.47. The number of aromatic nitrogens is 2. The molecule has 0 atom stereocenters. The smallest absolute Gasteiger partial charge is 0.299 e. The van der Waals surface area contributed by atoms with Crippen LogP contribution in [0.25, 0.3) is 0 Å². The Hall–Kier alpha value is -2.21. The largest absolute Gasteiger partial charge is 0.308 e. The molecule has 0 N–H and O–H groups in total. The summed E-state index contributed by atoms with van der Waals surface area (Å²) < 4.78 is 0. The van der Waals surface area contributed by atoms with Gasteiger partial charge in [-0.3, -0.25) is 14.6 Å². The number of anilines is 1. The number of carbonyl (C=O) groups excluding carboxylic acids is 2. The van der Waals surface area contributed by atoms with Gasteiger partial charge >= 0.3 is 0 Å². The summed E-state index contributed by atoms with van der Waals surface area (Å²) in [4.78, 5) is 33.7. The Morgan fingerprint density at radius 1 is 1.21 bits per heavy atom. The number of ketones is 1. The number of benzene rings is 1. The van der Waals surface area contributed by atoms with Gasteiger partial charge in [-0.2, -0.15) is 0 Å². The van der Waals surface area contributed by atoms with E-state index in [9.17, 15) is 9.59 Å². The van der Waals surface area contributed by atoms with Crippen LogP contribution in [-0.4, -0.2) is 28.7 Å². The molecule has 0 saturated carbocycles. The maximum absolute atomic E-state index is 11.7. The molecular formula is C13H9N3O2S. The summed E-state index contributed by atoms with van der Waals surface area (Å²) in [6.07, 6.45) is 4.89. The number of hydrogen-bond donors (Lipinski definition) is 0. The van der Waals surface area contributed by atoms with Crippen LogP contribution < -0.4 is 4.90 Å². The molecule has 0 aliphatic carbocycles. The van der Waals surface area contributed by atoms with Crippen LogP contribution >= 0.6 is 11.8 Å². The summed E-state index contributed by atoms with van der Waals surface area (Å²) in [5.74, 6) is -0.940. The topological polar surface area (TPSA) is 63.2 Å². The monoisotopic (exact) mass is 271 g/mol. The van der Waals surface area contributed by atoms with Gasteiger partial charge in [0.25, 0.3) is 11.7 Å². The van der Waals surface area contributed by atoms with Gasteiger partial charge in [-0.25, -0.2) is 4.98 Å². The highest BCUT2D eigenvalue weighted by atomic mass is 32.2. The molecule has 1 amide bonds. The van der Waals surface area contributed by atoms with Crippen molar-refractivity contribution >= 4 is 29.1 Å². The molecule has 1 aliphatic rings.